The Labute approximate surface area is 156 Å². The van der Waals surface area contributed by atoms with Crippen LogP contribution < -0.4 is 10.6 Å². The van der Waals surface area contributed by atoms with Crippen LogP contribution in [0.15, 0.2) is 67.0 Å². The first kappa shape index (κ1) is 17.8. The van der Waals surface area contributed by atoms with Crippen molar-refractivity contribution in [1.29, 1.82) is 5.26 Å². The number of carbonyl (C=O) groups excluding carboxylic acids is 2. The molecule has 0 fully saturated rings. The van der Waals surface area contributed by atoms with Crippen molar-refractivity contribution >= 4 is 23.2 Å². The molecule has 0 spiro atoms. The van der Waals surface area contributed by atoms with Crippen LogP contribution in [0.2, 0.25) is 0 Å². The summed E-state index contributed by atoms with van der Waals surface area (Å²) in [5.74, 6) is -0.806. The van der Waals surface area contributed by atoms with E-state index in [1.165, 1.54) is 18.5 Å². The number of hydrogen-bond donors (Lipinski definition) is 2. The van der Waals surface area contributed by atoms with Crippen molar-refractivity contribution in [2.45, 2.75) is 6.92 Å². The fourth-order valence-electron chi connectivity index (χ4n) is 2.48. The van der Waals surface area contributed by atoms with Crippen LogP contribution in [0, 0.1) is 18.3 Å². The number of pyridine rings is 1. The van der Waals surface area contributed by atoms with Gasteiger partial charge in [-0.3, -0.25) is 14.6 Å². The average Bonchev–Trinajstić information content (AvgIpc) is 2.70. The Morgan fingerprint density at radius 1 is 0.889 bits per heavy atom. The van der Waals surface area contributed by atoms with Gasteiger partial charge in [-0.1, -0.05) is 30.3 Å². The van der Waals surface area contributed by atoms with Crippen LogP contribution in [-0.4, -0.2) is 16.8 Å². The molecule has 3 aromatic rings. The van der Waals surface area contributed by atoms with Crippen molar-refractivity contribution in [2.24, 2.45) is 0 Å². The quantitative estimate of drug-likeness (QED) is 0.744. The summed E-state index contributed by atoms with van der Waals surface area (Å²) in [5.41, 5.74) is 2.87. The summed E-state index contributed by atoms with van der Waals surface area (Å²) < 4.78 is 0. The Hall–Kier alpha value is -3.98. The van der Waals surface area contributed by atoms with Crippen molar-refractivity contribution in [3.8, 4) is 6.07 Å². The molecule has 0 saturated carbocycles. The van der Waals surface area contributed by atoms with Crippen molar-refractivity contribution in [3.05, 3.63) is 89.2 Å². The standard InChI is InChI=1S/C21H16N4O2/c1-14-6-2-4-8-18(14)24-20(26)16-10-17(13-23-12-16)21(27)25-19-9-5-3-7-15(19)11-22/h2-10,12-13H,1H3,(H,24,26)(H,25,27). The Morgan fingerprint density at radius 2 is 1.44 bits per heavy atom. The lowest BCUT2D eigenvalue weighted by Gasteiger charge is -2.09. The van der Waals surface area contributed by atoms with E-state index in [0.29, 0.717) is 16.9 Å². The predicted octanol–water partition coefficient (Wildman–Crippen LogP) is 3.77. The van der Waals surface area contributed by atoms with E-state index < -0.39 is 5.91 Å². The number of nitriles is 1. The lowest BCUT2D eigenvalue weighted by molar-refractivity contribution is 0.102. The summed E-state index contributed by atoms with van der Waals surface area (Å²) in [6.45, 7) is 1.89. The molecule has 2 N–H and O–H groups in total. The number of amides is 2. The normalized spacial score (nSPS) is 9.93. The number of aromatic nitrogens is 1. The van der Waals surface area contributed by atoms with Crippen molar-refractivity contribution in [2.75, 3.05) is 10.6 Å². The zero-order chi connectivity index (χ0) is 19.2. The summed E-state index contributed by atoms with van der Waals surface area (Å²) in [6.07, 6.45) is 2.77. The summed E-state index contributed by atoms with van der Waals surface area (Å²) in [6, 6.07) is 17.6. The third-order valence-corrected chi connectivity index (χ3v) is 3.95. The van der Waals surface area contributed by atoms with Crippen molar-refractivity contribution < 1.29 is 9.59 Å². The number of carbonyl (C=O) groups is 2. The fraction of sp³-hybridized carbons (Fsp3) is 0.0476. The van der Waals surface area contributed by atoms with Gasteiger partial charge in [0.25, 0.3) is 11.8 Å². The number of benzene rings is 2. The lowest BCUT2D eigenvalue weighted by atomic mass is 10.1. The predicted molar refractivity (Wildman–Crippen MR) is 102 cm³/mol. The highest BCUT2D eigenvalue weighted by atomic mass is 16.2. The molecule has 0 bridgehead atoms. The summed E-state index contributed by atoms with van der Waals surface area (Å²) >= 11 is 0. The van der Waals surface area contributed by atoms with E-state index in [4.69, 9.17) is 5.26 Å². The second-order valence-corrected chi connectivity index (χ2v) is 5.84. The Kier molecular flexibility index (Phi) is 5.24. The van der Waals surface area contributed by atoms with Crippen LogP contribution in [0.4, 0.5) is 11.4 Å². The van der Waals surface area contributed by atoms with Gasteiger partial charge >= 0.3 is 0 Å². The monoisotopic (exact) mass is 356 g/mol. The molecule has 0 aliphatic heterocycles. The number of rotatable bonds is 4. The number of hydrogen-bond acceptors (Lipinski definition) is 4. The second-order valence-electron chi connectivity index (χ2n) is 5.84. The van der Waals surface area contributed by atoms with E-state index in [1.807, 2.05) is 31.2 Å². The zero-order valence-electron chi connectivity index (χ0n) is 14.6. The van der Waals surface area contributed by atoms with Gasteiger partial charge in [-0.25, -0.2) is 0 Å². The molecular formula is C21H16N4O2. The van der Waals surface area contributed by atoms with Crippen LogP contribution in [-0.2, 0) is 0 Å². The molecule has 1 aromatic heterocycles. The molecule has 2 amide bonds. The lowest BCUT2D eigenvalue weighted by Crippen LogP contribution is -2.17. The number of nitrogens with zero attached hydrogens (tertiary/aromatic N) is 2. The molecule has 3 rings (SSSR count). The van der Waals surface area contributed by atoms with Gasteiger partial charge in [-0.05, 0) is 36.8 Å². The SMILES string of the molecule is Cc1ccccc1NC(=O)c1cncc(C(=O)Nc2ccccc2C#N)c1. The fourth-order valence-corrected chi connectivity index (χ4v) is 2.48. The molecule has 1 heterocycles. The van der Waals surface area contributed by atoms with E-state index in [-0.39, 0.29) is 17.0 Å². The topological polar surface area (TPSA) is 94.9 Å². The van der Waals surface area contributed by atoms with Gasteiger partial charge in [-0.2, -0.15) is 5.26 Å². The van der Waals surface area contributed by atoms with E-state index in [2.05, 4.69) is 15.6 Å². The molecule has 0 atom stereocenters. The molecule has 0 radical (unpaired) electrons. The average molecular weight is 356 g/mol. The maximum absolute atomic E-state index is 12.5. The molecule has 0 saturated heterocycles. The third kappa shape index (κ3) is 4.17. The van der Waals surface area contributed by atoms with Crippen LogP contribution in [0.25, 0.3) is 0 Å². The molecule has 6 nitrogen and oxygen atoms in total. The first-order valence-corrected chi connectivity index (χ1v) is 8.21. The van der Waals surface area contributed by atoms with E-state index in [1.54, 1.807) is 30.3 Å². The molecule has 27 heavy (non-hydrogen) atoms. The second kappa shape index (κ2) is 7.93. The number of para-hydroxylation sites is 2. The summed E-state index contributed by atoms with van der Waals surface area (Å²) in [4.78, 5) is 28.9. The van der Waals surface area contributed by atoms with Gasteiger partial charge < -0.3 is 10.6 Å². The molecule has 0 aliphatic carbocycles. The molecule has 0 unspecified atom stereocenters. The maximum Gasteiger partial charge on any atom is 0.257 e. The first-order chi connectivity index (χ1) is 13.1. The molecule has 6 heteroatoms. The van der Waals surface area contributed by atoms with E-state index >= 15 is 0 Å². The first-order valence-electron chi connectivity index (χ1n) is 8.21. The highest BCUT2D eigenvalue weighted by Gasteiger charge is 2.13. The third-order valence-electron chi connectivity index (χ3n) is 3.95. The maximum atomic E-state index is 12.5. The molecule has 132 valence electrons. The summed E-state index contributed by atoms with van der Waals surface area (Å²) in [7, 11) is 0. The van der Waals surface area contributed by atoms with Crippen LogP contribution in [0.3, 0.4) is 0 Å². The minimum Gasteiger partial charge on any atom is -0.322 e. The van der Waals surface area contributed by atoms with Crippen LogP contribution in [0.1, 0.15) is 31.8 Å². The van der Waals surface area contributed by atoms with Crippen molar-refractivity contribution in [3.63, 3.8) is 0 Å². The van der Waals surface area contributed by atoms with Crippen LogP contribution >= 0.6 is 0 Å². The van der Waals surface area contributed by atoms with Gasteiger partial charge in [0, 0.05) is 18.1 Å². The Morgan fingerprint density at radius 3 is 2.07 bits per heavy atom. The van der Waals surface area contributed by atoms with Crippen molar-refractivity contribution in [1.82, 2.24) is 4.98 Å². The molecule has 2 aromatic carbocycles. The highest BCUT2D eigenvalue weighted by molar-refractivity contribution is 6.08. The zero-order valence-corrected chi connectivity index (χ0v) is 14.6. The Bertz CT molecular complexity index is 1050. The minimum atomic E-state index is -0.448. The smallest absolute Gasteiger partial charge is 0.257 e. The number of nitrogens with one attached hydrogen (secondary N) is 2. The van der Waals surface area contributed by atoms with Crippen LogP contribution in [0.5, 0.6) is 0 Å². The summed E-state index contributed by atoms with van der Waals surface area (Å²) in [5, 5.41) is 14.6. The minimum absolute atomic E-state index is 0.222. The Balaban J connectivity index is 1.79. The largest absolute Gasteiger partial charge is 0.322 e. The number of aryl methyl sites for hydroxylation is 1. The van der Waals surface area contributed by atoms with Gasteiger partial charge in [0.15, 0.2) is 0 Å². The molecule has 0 aliphatic rings. The van der Waals surface area contributed by atoms with Gasteiger partial charge in [-0.15, -0.1) is 0 Å². The molecular weight excluding hydrogens is 340 g/mol. The number of anilines is 2. The van der Waals surface area contributed by atoms with Gasteiger partial charge in [0.1, 0.15) is 6.07 Å². The van der Waals surface area contributed by atoms with Gasteiger partial charge in [0.2, 0.25) is 0 Å². The van der Waals surface area contributed by atoms with E-state index in [0.717, 1.165) is 5.56 Å². The highest BCUT2D eigenvalue weighted by Crippen LogP contribution is 2.17. The van der Waals surface area contributed by atoms with Gasteiger partial charge in [0.05, 0.1) is 22.4 Å². The van der Waals surface area contributed by atoms with E-state index in [9.17, 15) is 9.59 Å².